The summed E-state index contributed by atoms with van der Waals surface area (Å²) in [7, 11) is 1.28. The number of nitro groups is 1. The Morgan fingerprint density at radius 3 is 2.74 bits per heavy atom. The molecule has 144 valence electrons. The zero-order chi connectivity index (χ0) is 20.0. The Morgan fingerprint density at radius 1 is 1.37 bits per heavy atom. The summed E-state index contributed by atoms with van der Waals surface area (Å²) in [5.74, 6) is 0.402. The van der Waals surface area contributed by atoms with Gasteiger partial charge in [-0.05, 0) is 60.2 Å². The predicted octanol–water partition coefficient (Wildman–Crippen LogP) is 3.62. The molecule has 0 aliphatic heterocycles. The summed E-state index contributed by atoms with van der Waals surface area (Å²) in [6.07, 6.45) is 3.11. The molecule has 1 heterocycles. The number of esters is 1. The Labute approximate surface area is 168 Å². The first-order valence-corrected chi connectivity index (χ1v) is 8.89. The molecule has 0 spiro atoms. The highest BCUT2D eigenvalue weighted by molar-refractivity contribution is 14.1. The molecule has 9 nitrogen and oxygen atoms in total. The SMILES string of the molecule is CCOc1cc(/C=C\c2onc(C)c2[N+](=O)[O-])cc(I)c1OCC(=O)OC. The highest BCUT2D eigenvalue weighted by atomic mass is 127. The molecular formula is C17H17IN2O7. The van der Waals surface area contributed by atoms with Crippen molar-refractivity contribution in [3.8, 4) is 11.5 Å². The largest absolute Gasteiger partial charge is 0.490 e. The highest BCUT2D eigenvalue weighted by Gasteiger charge is 2.22. The second kappa shape index (κ2) is 9.35. The standard InChI is InChI=1S/C17H17IN2O7/c1-4-25-14-8-11(7-12(18)17(14)26-9-15(21)24-3)5-6-13-16(20(22)23)10(2)19-27-13/h5-8H,4,9H2,1-3H3/b6-5-. The molecule has 0 aliphatic rings. The number of halogens is 1. The van der Waals surface area contributed by atoms with Gasteiger partial charge < -0.3 is 18.7 Å². The molecule has 1 aromatic heterocycles. The van der Waals surface area contributed by atoms with E-state index in [1.807, 2.05) is 6.92 Å². The minimum Gasteiger partial charge on any atom is -0.490 e. The smallest absolute Gasteiger partial charge is 0.343 e. The summed E-state index contributed by atoms with van der Waals surface area (Å²) in [6, 6.07) is 3.48. The van der Waals surface area contributed by atoms with Crippen LogP contribution in [0.1, 0.15) is 23.9 Å². The van der Waals surface area contributed by atoms with E-state index in [9.17, 15) is 14.9 Å². The average Bonchev–Trinajstić information content (AvgIpc) is 3.00. The molecule has 2 aromatic rings. The van der Waals surface area contributed by atoms with Crippen LogP contribution in [-0.2, 0) is 9.53 Å². The fourth-order valence-electron chi connectivity index (χ4n) is 2.16. The Hall–Kier alpha value is -2.63. The fourth-order valence-corrected chi connectivity index (χ4v) is 2.94. The molecule has 0 saturated heterocycles. The lowest BCUT2D eigenvalue weighted by molar-refractivity contribution is -0.386. The first kappa shape index (κ1) is 20.7. The quantitative estimate of drug-likeness (QED) is 0.240. The van der Waals surface area contributed by atoms with Gasteiger partial charge in [0.25, 0.3) is 0 Å². The summed E-state index contributed by atoms with van der Waals surface area (Å²) in [5, 5.41) is 14.7. The zero-order valence-corrected chi connectivity index (χ0v) is 17.0. The number of hydrogen-bond acceptors (Lipinski definition) is 8. The molecule has 10 heteroatoms. The van der Waals surface area contributed by atoms with Crippen LogP contribution in [0.5, 0.6) is 11.5 Å². The molecule has 0 bridgehead atoms. The molecule has 2 rings (SSSR count). The maximum atomic E-state index is 11.3. The van der Waals surface area contributed by atoms with Crippen molar-refractivity contribution in [3.05, 3.63) is 42.8 Å². The number of hydrogen-bond donors (Lipinski definition) is 0. The molecule has 0 atom stereocenters. The van der Waals surface area contributed by atoms with Crippen molar-refractivity contribution in [2.24, 2.45) is 0 Å². The van der Waals surface area contributed by atoms with E-state index in [2.05, 4.69) is 32.5 Å². The van der Waals surface area contributed by atoms with Gasteiger partial charge in [0, 0.05) is 0 Å². The maximum absolute atomic E-state index is 11.3. The number of carbonyl (C=O) groups is 1. The van der Waals surface area contributed by atoms with Gasteiger partial charge in [-0.2, -0.15) is 0 Å². The van der Waals surface area contributed by atoms with Gasteiger partial charge in [0.1, 0.15) is 0 Å². The van der Waals surface area contributed by atoms with Crippen LogP contribution in [0.25, 0.3) is 12.2 Å². The number of aromatic nitrogens is 1. The molecule has 0 unspecified atom stereocenters. The normalized spacial score (nSPS) is 10.8. The Morgan fingerprint density at radius 2 is 2.11 bits per heavy atom. The third-order valence-electron chi connectivity index (χ3n) is 3.36. The molecule has 0 radical (unpaired) electrons. The minimum atomic E-state index is -0.537. The number of benzene rings is 1. The monoisotopic (exact) mass is 488 g/mol. The molecule has 0 saturated carbocycles. The van der Waals surface area contributed by atoms with Crippen LogP contribution < -0.4 is 9.47 Å². The van der Waals surface area contributed by atoms with Crippen molar-refractivity contribution in [2.45, 2.75) is 13.8 Å². The van der Waals surface area contributed by atoms with Crippen LogP contribution in [0.2, 0.25) is 0 Å². The lowest BCUT2D eigenvalue weighted by Gasteiger charge is -2.14. The van der Waals surface area contributed by atoms with E-state index < -0.39 is 10.9 Å². The maximum Gasteiger partial charge on any atom is 0.343 e. The number of carbonyl (C=O) groups excluding carboxylic acids is 1. The van der Waals surface area contributed by atoms with Crippen molar-refractivity contribution in [1.29, 1.82) is 0 Å². The Bertz CT molecular complexity index is 876. The number of aryl methyl sites for hydroxylation is 1. The van der Waals surface area contributed by atoms with Gasteiger partial charge in [-0.1, -0.05) is 11.2 Å². The molecule has 0 amide bonds. The van der Waals surface area contributed by atoms with Crippen LogP contribution >= 0.6 is 22.6 Å². The minimum absolute atomic E-state index is 0.0523. The Kier molecular flexibility index (Phi) is 7.16. The fraction of sp³-hybridized carbons (Fsp3) is 0.294. The lowest BCUT2D eigenvalue weighted by Crippen LogP contribution is -2.14. The van der Waals surface area contributed by atoms with Crippen LogP contribution in [0.4, 0.5) is 5.69 Å². The topological polar surface area (TPSA) is 114 Å². The van der Waals surface area contributed by atoms with Crippen molar-refractivity contribution in [2.75, 3.05) is 20.3 Å². The first-order valence-electron chi connectivity index (χ1n) is 7.82. The van der Waals surface area contributed by atoms with E-state index in [1.54, 1.807) is 18.2 Å². The zero-order valence-electron chi connectivity index (χ0n) is 14.9. The highest BCUT2D eigenvalue weighted by Crippen LogP contribution is 2.35. The number of methoxy groups -OCH3 is 1. The first-order chi connectivity index (χ1) is 12.9. The molecular weight excluding hydrogens is 471 g/mol. The second-order valence-electron chi connectivity index (χ2n) is 5.20. The van der Waals surface area contributed by atoms with E-state index in [0.717, 1.165) is 0 Å². The second-order valence-corrected chi connectivity index (χ2v) is 6.36. The third-order valence-corrected chi connectivity index (χ3v) is 4.16. The van der Waals surface area contributed by atoms with Crippen LogP contribution in [0, 0.1) is 20.6 Å². The average molecular weight is 488 g/mol. The molecule has 0 N–H and O–H groups in total. The predicted molar refractivity (Wildman–Crippen MR) is 105 cm³/mol. The summed E-state index contributed by atoms with van der Waals surface area (Å²) < 4.78 is 21.3. The van der Waals surface area contributed by atoms with Gasteiger partial charge in [0.2, 0.25) is 5.76 Å². The van der Waals surface area contributed by atoms with Gasteiger partial charge >= 0.3 is 11.7 Å². The van der Waals surface area contributed by atoms with Gasteiger partial charge in [-0.25, -0.2) is 4.79 Å². The Balaban J connectivity index is 2.33. The van der Waals surface area contributed by atoms with Crippen LogP contribution in [0.3, 0.4) is 0 Å². The third kappa shape index (κ3) is 5.18. The molecule has 27 heavy (non-hydrogen) atoms. The van der Waals surface area contributed by atoms with E-state index in [0.29, 0.717) is 27.2 Å². The van der Waals surface area contributed by atoms with E-state index >= 15 is 0 Å². The van der Waals surface area contributed by atoms with Crippen LogP contribution in [0.15, 0.2) is 16.7 Å². The van der Waals surface area contributed by atoms with Crippen molar-refractivity contribution < 1.29 is 28.5 Å². The summed E-state index contributed by atoms with van der Waals surface area (Å²) in [5.41, 5.74) is 0.733. The van der Waals surface area contributed by atoms with Gasteiger partial charge in [0.15, 0.2) is 23.8 Å². The lowest BCUT2D eigenvalue weighted by atomic mass is 10.1. The van der Waals surface area contributed by atoms with Gasteiger partial charge in [-0.15, -0.1) is 0 Å². The molecule has 1 aromatic carbocycles. The van der Waals surface area contributed by atoms with Crippen molar-refractivity contribution >= 4 is 46.4 Å². The number of nitrogens with zero attached hydrogens (tertiary/aromatic N) is 2. The molecule has 0 fully saturated rings. The van der Waals surface area contributed by atoms with E-state index in [-0.39, 0.29) is 23.7 Å². The summed E-state index contributed by atoms with van der Waals surface area (Å²) in [6.45, 7) is 3.47. The van der Waals surface area contributed by atoms with Gasteiger partial charge in [0.05, 0.1) is 22.2 Å². The summed E-state index contributed by atoms with van der Waals surface area (Å²) in [4.78, 5) is 21.9. The van der Waals surface area contributed by atoms with Crippen molar-refractivity contribution in [1.82, 2.24) is 5.16 Å². The van der Waals surface area contributed by atoms with Crippen molar-refractivity contribution in [3.63, 3.8) is 0 Å². The number of ether oxygens (including phenoxy) is 3. The number of rotatable bonds is 8. The van der Waals surface area contributed by atoms with Crippen LogP contribution in [-0.4, -0.2) is 36.4 Å². The van der Waals surface area contributed by atoms with E-state index in [1.165, 1.54) is 20.1 Å². The van der Waals surface area contributed by atoms with E-state index in [4.69, 9.17) is 14.0 Å². The van der Waals surface area contributed by atoms with Gasteiger partial charge in [-0.3, -0.25) is 10.1 Å². The molecule has 0 aliphatic carbocycles. The summed E-state index contributed by atoms with van der Waals surface area (Å²) >= 11 is 2.05.